The minimum absolute atomic E-state index is 0.0679. The Kier molecular flexibility index (Phi) is 8.63. The van der Waals surface area contributed by atoms with Crippen molar-refractivity contribution in [3.63, 3.8) is 0 Å². The second-order valence-electron chi connectivity index (χ2n) is 10.9. The van der Waals surface area contributed by atoms with Crippen LogP contribution in [-0.2, 0) is 14.8 Å². The first-order chi connectivity index (χ1) is 21.8. The Balaban J connectivity index is 1.14. The number of methoxy groups -OCH3 is 1. The number of aromatic nitrogens is 5. The number of fused-ring (bicyclic) bond motifs is 1. The molecule has 0 spiro atoms. The summed E-state index contributed by atoms with van der Waals surface area (Å²) in [6.45, 7) is 5.20. The van der Waals surface area contributed by atoms with Gasteiger partial charge in [-0.1, -0.05) is 6.58 Å². The van der Waals surface area contributed by atoms with Crippen LogP contribution in [0, 0.1) is 5.82 Å². The number of amides is 1. The van der Waals surface area contributed by atoms with E-state index in [9.17, 15) is 13.2 Å². The molecule has 2 aliphatic heterocycles. The van der Waals surface area contributed by atoms with Crippen LogP contribution in [0.15, 0.2) is 60.4 Å². The largest absolute Gasteiger partial charge is 0.489 e. The number of rotatable bonds is 9. The van der Waals surface area contributed by atoms with E-state index in [-0.39, 0.29) is 34.7 Å². The monoisotopic (exact) mass is 636 g/mol. The lowest BCUT2D eigenvalue weighted by atomic mass is 9.92. The van der Waals surface area contributed by atoms with Gasteiger partial charge in [-0.05, 0) is 50.0 Å². The van der Waals surface area contributed by atoms with E-state index in [2.05, 4.69) is 37.0 Å². The minimum atomic E-state index is -3.78. The number of halogens is 1. The Labute approximate surface area is 259 Å². The SMILES string of the molecule is C=CC(=O)N1CCC(c2n[nH]c3ncnc(Nc4ccc(O[C@H]5CCCN(S(=O)(=O)c6ccc(OC)nc6)C5)cc4F)c23)CC1. The minimum Gasteiger partial charge on any atom is -0.489 e. The van der Waals surface area contributed by atoms with Crippen molar-refractivity contribution < 1.29 is 27.1 Å². The maximum Gasteiger partial charge on any atom is 0.245 e. The number of H-pyrrole nitrogens is 1. The summed E-state index contributed by atoms with van der Waals surface area (Å²) >= 11 is 0. The van der Waals surface area contributed by atoms with E-state index in [4.69, 9.17) is 9.47 Å². The summed E-state index contributed by atoms with van der Waals surface area (Å²) in [7, 11) is -2.33. The first-order valence-corrected chi connectivity index (χ1v) is 16.0. The van der Waals surface area contributed by atoms with Crippen LogP contribution in [0.3, 0.4) is 0 Å². The summed E-state index contributed by atoms with van der Waals surface area (Å²) in [5.41, 5.74) is 1.47. The van der Waals surface area contributed by atoms with Gasteiger partial charge >= 0.3 is 0 Å². The molecule has 0 aliphatic carbocycles. The van der Waals surface area contributed by atoms with Crippen LogP contribution in [0.25, 0.3) is 11.0 Å². The first-order valence-electron chi connectivity index (χ1n) is 14.6. The van der Waals surface area contributed by atoms with Crippen molar-refractivity contribution in [1.29, 1.82) is 0 Å². The Morgan fingerprint density at radius 1 is 1.13 bits per heavy atom. The predicted molar refractivity (Wildman–Crippen MR) is 163 cm³/mol. The number of hydrogen-bond donors (Lipinski definition) is 2. The molecule has 4 aromatic rings. The predicted octanol–water partition coefficient (Wildman–Crippen LogP) is 3.76. The number of carbonyl (C=O) groups excluding carboxylic acids is 1. The molecular formula is C30H33FN8O5S. The van der Waals surface area contributed by atoms with Crippen LogP contribution in [0.2, 0.25) is 0 Å². The lowest BCUT2D eigenvalue weighted by Crippen LogP contribution is -2.44. The van der Waals surface area contributed by atoms with Gasteiger partial charge in [-0.25, -0.2) is 27.8 Å². The van der Waals surface area contributed by atoms with E-state index in [0.29, 0.717) is 68.0 Å². The molecule has 2 aliphatic rings. The van der Waals surface area contributed by atoms with E-state index >= 15 is 4.39 Å². The summed E-state index contributed by atoms with van der Waals surface area (Å²) in [6.07, 6.45) is 6.15. The van der Waals surface area contributed by atoms with Gasteiger partial charge in [-0.2, -0.15) is 9.40 Å². The average molecular weight is 637 g/mol. The molecule has 0 radical (unpaired) electrons. The van der Waals surface area contributed by atoms with Crippen LogP contribution in [0.4, 0.5) is 15.9 Å². The number of anilines is 2. The van der Waals surface area contributed by atoms with Gasteiger partial charge in [0.1, 0.15) is 34.7 Å². The maximum absolute atomic E-state index is 15.4. The van der Waals surface area contributed by atoms with Crippen molar-refractivity contribution in [3.8, 4) is 11.6 Å². The van der Waals surface area contributed by atoms with Crippen molar-refractivity contribution in [2.24, 2.45) is 0 Å². The number of likely N-dealkylation sites (tertiary alicyclic amines) is 1. The third kappa shape index (κ3) is 6.31. The highest BCUT2D eigenvalue weighted by atomic mass is 32.2. The number of sulfonamides is 1. The van der Waals surface area contributed by atoms with Gasteiger partial charge < -0.3 is 19.7 Å². The molecule has 5 heterocycles. The summed E-state index contributed by atoms with van der Waals surface area (Å²) in [4.78, 5) is 26.5. The molecule has 13 nitrogen and oxygen atoms in total. The van der Waals surface area contributed by atoms with E-state index < -0.39 is 21.9 Å². The van der Waals surface area contributed by atoms with Crippen molar-refractivity contribution >= 4 is 38.5 Å². The average Bonchev–Trinajstić information content (AvgIpc) is 3.51. The van der Waals surface area contributed by atoms with Crippen LogP contribution in [-0.4, -0.2) is 88.1 Å². The van der Waals surface area contributed by atoms with E-state index in [1.165, 1.54) is 48.2 Å². The van der Waals surface area contributed by atoms with Gasteiger partial charge in [0.05, 0.1) is 36.6 Å². The molecule has 0 bridgehead atoms. The zero-order valence-electron chi connectivity index (χ0n) is 24.6. The second-order valence-corrected chi connectivity index (χ2v) is 12.8. The van der Waals surface area contributed by atoms with Gasteiger partial charge in [0.15, 0.2) is 5.65 Å². The second kappa shape index (κ2) is 12.8. The van der Waals surface area contributed by atoms with Gasteiger partial charge in [-0.3, -0.25) is 9.89 Å². The van der Waals surface area contributed by atoms with Crippen molar-refractivity contribution in [1.82, 2.24) is 34.4 Å². The quantitative estimate of drug-likeness (QED) is 0.260. The fourth-order valence-corrected chi connectivity index (χ4v) is 7.23. The number of piperidine rings is 2. The Morgan fingerprint density at radius 2 is 1.96 bits per heavy atom. The third-order valence-corrected chi connectivity index (χ3v) is 10.00. The molecule has 1 atom stereocenters. The molecule has 236 valence electrons. The molecule has 15 heteroatoms. The summed E-state index contributed by atoms with van der Waals surface area (Å²) in [5, 5.41) is 11.2. The van der Waals surface area contributed by atoms with Crippen LogP contribution >= 0.6 is 0 Å². The van der Waals surface area contributed by atoms with Gasteiger partial charge in [-0.15, -0.1) is 0 Å². The summed E-state index contributed by atoms with van der Waals surface area (Å²) in [5.74, 6) is 0.422. The zero-order chi connectivity index (χ0) is 31.6. The topological polar surface area (TPSA) is 156 Å². The number of ether oxygens (including phenoxy) is 2. The number of benzene rings is 1. The molecule has 6 rings (SSSR count). The van der Waals surface area contributed by atoms with Crippen LogP contribution < -0.4 is 14.8 Å². The number of nitrogens with one attached hydrogen (secondary N) is 2. The van der Waals surface area contributed by atoms with E-state index in [0.717, 1.165) is 5.69 Å². The zero-order valence-corrected chi connectivity index (χ0v) is 25.5. The molecule has 1 aromatic carbocycles. The molecule has 2 N–H and O–H groups in total. The fraction of sp³-hybridized carbons (Fsp3) is 0.367. The Morgan fingerprint density at radius 3 is 2.67 bits per heavy atom. The van der Waals surface area contributed by atoms with Gasteiger partial charge in [0, 0.05) is 37.7 Å². The Hall–Kier alpha value is -4.63. The molecule has 2 saturated heterocycles. The lowest BCUT2D eigenvalue weighted by Gasteiger charge is -2.32. The smallest absolute Gasteiger partial charge is 0.245 e. The molecule has 0 unspecified atom stereocenters. The standard InChI is InChI=1S/C30H33FN8O5S/c1-3-26(40)38-13-10-19(11-14-38)28-27-29(33-18-34-30(27)37-36-28)35-24-8-6-20(15-23(24)31)44-21-5-4-12-39(17-21)45(41,42)22-7-9-25(43-2)32-16-22/h3,6-9,15-16,18-19,21H,1,4-5,10-14,17H2,2H3,(H2,33,34,35,36,37)/t21-/m0/s1. The normalized spacial score (nSPS) is 18.1. The highest BCUT2D eigenvalue weighted by Crippen LogP contribution is 2.35. The number of carbonyl (C=O) groups is 1. The molecule has 3 aromatic heterocycles. The number of hydrogen-bond acceptors (Lipinski definition) is 10. The van der Waals surface area contributed by atoms with Crippen molar-refractivity contribution in [3.05, 3.63) is 67.0 Å². The van der Waals surface area contributed by atoms with Crippen LogP contribution in [0.5, 0.6) is 11.6 Å². The highest BCUT2D eigenvalue weighted by molar-refractivity contribution is 7.89. The first kappa shape index (κ1) is 30.4. The van der Waals surface area contributed by atoms with Crippen molar-refractivity contribution in [2.45, 2.75) is 42.6 Å². The van der Waals surface area contributed by atoms with E-state index in [1.54, 1.807) is 17.0 Å². The third-order valence-electron chi connectivity index (χ3n) is 8.15. The number of nitrogens with zero attached hydrogens (tertiary/aromatic N) is 6. The maximum atomic E-state index is 15.4. The molecular weight excluding hydrogens is 603 g/mol. The summed E-state index contributed by atoms with van der Waals surface area (Å²) in [6, 6.07) is 7.41. The number of pyridine rings is 1. The highest BCUT2D eigenvalue weighted by Gasteiger charge is 2.32. The van der Waals surface area contributed by atoms with Gasteiger partial charge in [0.2, 0.25) is 21.8 Å². The van der Waals surface area contributed by atoms with Gasteiger partial charge in [0.25, 0.3) is 0 Å². The number of aromatic amines is 1. The lowest BCUT2D eigenvalue weighted by molar-refractivity contribution is -0.127. The fourth-order valence-electron chi connectivity index (χ4n) is 5.77. The Bertz CT molecular complexity index is 1810. The molecule has 2 fully saturated rings. The van der Waals surface area contributed by atoms with E-state index in [1.807, 2.05) is 0 Å². The molecule has 0 saturated carbocycles. The molecule has 45 heavy (non-hydrogen) atoms. The summed E-state index contributed by atoms with van der Waals surface area (Å²) < 4.78 is 54.2. The van der Waals surface area contributed by atoms with Crippen LogP contribution in [0.1, 0.15) is 37.3 Å². The molecule has 1 amide bonds. The van der Waals surface area contributed by atoms with Crippen molar-refractivity contribution in [2.75, 3.05) is 38.6 Å².